The summed E-state index contributed by atoms with van der Waals surface area (Å²) in [4.78, 5) is 6.91. The Morgan fingerprint density at radius 3 is 2.52 bits per heavy atom. The monoisotopic (exact) mass is 432 g/mol. The lowest BCUT2D eigenvalue weighted by Gasteiger charge is -2.32. The third-order valence-electron chi connectivity index (χ3n) is 6.53. The number of ether oxygens (including phenoxy) is 1. The molecule has 5 nitrogen and oxygen atoms in total. The summed E-state index contributed by atoms with van der Waals surface area (Å²) in [6.45, 7) is 0. The van der Waals surface area contributed by atoms with E-state index in [4.69, 9.17) is 17.0 Å². The van der Waals surface area contributed by atoms with Gasteiger partial charge in [-0.25, -0.2) is 0 Å². The number of thiocarbonyl (C=S) groups is 1. The molecule has 1 aliphatic carbocycles. The van der Waals surface area contributed by atoms with Crippen molar-refractivity contribution in [1.82, 2.24) is 14.9 Å². The Bertz CT molecular complexity index is 1030. The molecule has 160 valence electrons. The number of pyridine rings is 1. The van der Waals surface area contributed by atoms with Crippen LogP contribution in [0.1, 0.15) is 61.6 Å². The van der Waals surface area contributed by atoms with Gasteiger partial charge in [0, 0.05) is 29.8 Å². The van der Waals surface area contributed by atoms with Gasteiger partial charge in [0.15, 0.2) is 5.11 Å². The molecule has 3 heterocycles. The molecule has 0 amide bonds. The van der Waals surface area contributed by atoms with E-state index in [2.05, 4.69) is 56.3 Å². The molecule has 1 saturated heterocycles. The van der Waals surface area contributed by atoms with Crippen LogP contribution in [0.15, 0.2) is 67.0 Å². The van der Waals surface area contributed by atoms with Gasteiger partial charge >= 0.3 is 0 Å². The highest BCUT2D eigenvalue weighted by Crippen LogP contribution is 2.43. The van der Waals surface area contributed by atoms with Crippen molar-refractivity contribution in [3.05, 3.63) is 78.4 Å². The summed E-state index contributed by atoms with van der Waals surface area (Å²) >= 11 is 5.86. The Labute approximate surface area is 189 Å². The molecular formula is C25H28N4OS. The highest BCUT2D eigenvalue weighted by atomic mass is 32.1. The van der Waals surface area contributed by atoms with Crippen molar-refractivity contribution in [3.63, 3.8) is 0 Å². The van der Waals surface area contributed by atoms with Gasteiger partial charge in [-0.05, 0) is 73.6 Å². The fourth-order valence-corrected chi connectivity index (χ4v) is 5.37. The van der Waals surface area contributed by atoms with Crippen LogP contribution in [0.3, 0.4) is 0 Å². The molecule has 2 aromatic heterocycles. The number of nitrogens with one attached hydrogen (secondary N) is 1. The number of methoxy groups -OCH3 is 1. The molecule has 31 heavy (non-hydrogen) atoms. The maximum atomic E-state index is 5.86. The van der Waals surface area contributed by atoms with Crippen LogP contribution in [0.2, 0.25) is 0 Å². The maximum Gasteiger partial charge on any atom is 0.174 e. The molecule has 0 unspecified atom stereocenters. The predicted molar refractivity (Wildman–Crippen MR) is 127 cm³/mol. The summed E-state index contributed by atoms with van der Waals surface area (Å²) in [5, 5.41) is 4.29. The van der Waals surface area contributed by atoms with Gasteiger partial charge in [-0.1, -0.05) is 25.3 Å². The van der Waals surface area contributed by atoms with E-state index in [1.807, 2.05) is 30.5 Å². The number of aromatic nitrogens is 2. The van der Waals surface area contributed by atoms with Crippen molar-refractivity contribution < 1.29 is 4.74 Å². The highest BCUT2D eigenvalue weighted by Gasteiger charge is 2.42. The van der Waals surface area contributed by atoms with Crippen LogP contribution < -0.4 is 15.0 Å². The van der Waals surface area contributed by atoms with Gasteiger partial charge in [0.1, 0.15) is 11.8 Å². The second-order valence-electron chi connectivity index (χ2n) is 8.33. The van der Waals surface area contributed by atoms with E-state index < -0.39 is 0 Å². The third-order valence-corrected chi connectivity index (χ3v) is 6.85. The van der Waals surface area contributed by atoms with E-state index in [9.17, 15) is 0 Å². The molecule has 2 atom stereocenters. The van der Waals surface area contributed by atoms with Crippen molar-refractivity contribution in [3.8, 4) is 5.75 Å². The predicted octanol–water partition coefficient (Wildman–Crippen LogP) is 5.57. The first kappa shape index (κ1) is 20.1. The maximum absolute atomic E-state index is 5.86. The average Bonchev–Trinajstić information content (AvgIpc) is 3.44. The first-order valence-corrected chi connectivity index (χ1v) is 11.5. The molecule has 1 saturated carbocycles. The lowest BCUT2D eigenvalue weighted by molar-refractivity contribution is 0.340. The number of nitrogens with zero attached hydrogens (tertiary/aromatic N) is 3. The second-order valence-corrected chi connectivity index (χ2v) is 8.71. The Morgan fingerprint density at radius 1 is 1.00 bits per heavy atom. The first-order valence-electron chi connectivity index (χ1n) is 11.1. The quantitative estimate of drug-likeness (QED) is 0.534. The highest BCUT2D eigenvalue weighted by molar-refractivity contribution is 7.80. The van der Waals surface area contributed by atoms with Crippen molar-refractivity contribution in [2.24, 2.45) is 0 Å². The number of anilines is 1. The van der Waals surface area contributed by atoms with Crippen LogP contribution in [0.4, 0.5) is 5.69 Å². The minimum Gasteiger partial charge on any atom is -0.497 e. The zero-order valence-electron chi connectivity index (χ0n) is 17.8. The van der Waals surface area contributed by atoms with Gasteiger partial charge in [0.2, 0.25) is 0 Å². The lowest BCUT2D eigenvalue weighted by atomic mass is 9.94. The smallest absolute Gasteiger partial charge is 0.174 e. The van der Waals surface area contributed by atoms with Gasteiger partial charge in [-0.3, -0.25) is 4.98 Å². The summed E-state index contributed by atoms with van der Waals surface area (Å²) in [7, 11) is 1.69. The molecule has 0 spiro atoms. The second kappa shape index (κ2) is 8.71. The van der Waals surface area contributed by atoms with E-state index in [0.29, 0.717) is 6.04 Å². The molecule has 6 heteroatoms. The number of hydrogen-bond donors (Lipinski definition) is 1. The topological polar surface area (TPSA) is 42.3 Å². The van der Waals surface area contributed by atoms with Gasteiger partial charge in [0.25, 0.3) is 0 Å². The zero-order chi connectivity index (χ0) is 21.2. The largest absolute Gasteiger partial charge is 0.497 e. The zero-order valence-corrected chi connectivity index (χ0v) is 18.6. The van der Waals surface area contributed by atoms with Gasteiger partial charge in [-0.2, -0.15) is 0 Å². The standard InChI is InChI=1S/C25H28N4OS/c1-30-20-14-12-19(13-15-20)29-24(23(27-25(29)31)21-10-5-6-16-26-21)22-11-7-17-28(22)18-8-3-2-4-9-18/h5-7,10-18,23-24H,2-4,8-9H2,1H3,(H,27,31)/t23-,24+/m1/s1. The van der Waals surface area contributed by atoms with E-state index in [1.54, 1.807) is 7.11 Å². The Morgan fingerprint density at radius 2 is 1.81 bits per heavy atom. The normalized spacial score (nSPS) is 21.8. The molecule has 1 aromatic carbocycles. The number of hydrogen-bond acceptors (Lipinski definition) is 3. The van der Waals surface area contributed by atoms with Gasteiger partial charge < -0.3 is 19.5 Å². The van der Waals surface area contributed by atoms with Crippen LogP contribution in [0.25, 0.3) is 0 Å². The number of benzene rings is 1. The van der Waals surface area contributed by atoms with Gasteiger partial charge in [0.05, 0.1) is 18.8 Å². The summed E-state index contributed by atoms with van der Waals surface area (Å²) in [6.07, 6.45) is 10.5. The van der Waals surface area contributed by atoms with Crippen LogP contribution in [-0.4, -0.2) is 21.8 Å². The Balaban J connectivity index is 1.59. The van der Waals surface area contributed by atoms with Crippen LogP contribution in [0, 0.1) is 0 Å². The third kappa shape index (κ3) is 3.81. The average molecular weight is 433 g/mol. The number of rotatable bonds is 5. The minimum absolute atomic E-state index is 0.0203. The molecule has 3 aromatic rings. The van der Waals surface area contributed by atoms with Crippen molar-refractivity contribution >= 4 is 23.0 Å². The van der Waals surface area contributed by atoms with E-state index in [0.717, 1.165) is 22.2 Å². The van der Waals surface area contributed by atoms with Crippen molar-refractivity contribution in [1.29, 1.82) is 0 Å². The molecule has 2 fully saturated rings. The lowest BCUT2D eigenvalue weighted by Crippen LogP contribution is -2.31. The van der Waals surface area contributed by atoms with Crippen LogP contribution >= 0.6 is 12.2 Å². The van der Waals surface area contributed by atoms with E-state index in [1.165, 1.54) is 37.8 Å². The summed E-state index contributed by atoms with van der Waals surface area (Å²) in [6, 6.07) is 19.2. The van der Waals surface area contributed by atoms with Crippen molar-refractivity contribution in [2.75, 3.05) is 12.0 Å². The van der Waals surface area contributed by atoms with Crippen molar-refractivity contribution in [2.45, 2.75) is 50.2 Å². The molecule has 1 aliphatic heterocycles. The minimum atomic E-state index is -0.0203. The molecule has 5 rings (SSSR count). The fourth-order valence-electron chi connectivity index (χ4n) is 5.03. The molecule has 0 radical (unpaired) electrons. The summed E-state index contributed by atoms with van der Waals surface area (Å²) in [5.74, 6) is 0.838. The molecular weight excluding hydrogens is 404 g/mol. The first-order chi connectivity index (χ1) is 15.3. The Kier molecular flexibility index (Phi) is 5.64. The van der Waals surface area contributed by atoms with Gasteiger partial charge in [-0.15, -0.1) is 0 Å². The SMILES string of the molecule is COc1ccc(N2C(=S)N[C@H](c3ccccn3)[C@@H]2c2cccn2C2CCCCC2)cc1. The Hall–Kier alpha value is -2.86. The van der Waals surface area contributed by atoms with E-state index >= 15 is 0 Å². The van der Waals surface area contributed by atoms with Crippen LogP contribution in [0.5, 0.6) is 5.75 Å². The fraction of sp³-hybridized carbons (Fsp3) is 0.360. The molecule has 2 aliphatic rings. The van der Waals surface area contributed by atoms with E-state index in [-0.39, 0.29) is 12.1 Å². The van der Waals surface area contributed by atoms with Crippen LogP contribution in [-0.2, 0) is 0 Å². The molecule has 1 N–H and O–H groups in total. The summed E-state index contributed by atoms with van der Waals surface area (Å²) < 4.78 is 7.86. The summed E-state index contributed by atoms with van der Waals surface area (Å²) in [5.41, 5.74) is 3.34. The molecule has 0 bridgehead atoms.